The third-order valence-electron chi connectivity index (χ3n) is 2.40. The average molecular weight is 278 g/mol. The van der Waals surface area contributed by atoms with Crippen molar-refractivity contribution in [2.24, 2.45) is 10.9 Å². The first kappa shape index (κ1) is 13.2. The van der Waals surface area contributed by atoms with E-state index in [0.29, 0.717) is 23.1 Å². The van der Waals surface area contributed by atoms with Crippen molar-refractivity contribution in [2.75, 3.05) is 0 Å². The van der Waals surface area contributed by atoms with Crippen molar-refractivity contribution in [1.82, 2.24) is 4.98 Å². The van der Waals surface area contributed by atoms with Crippen LogP contribution in [0, 0.1) is 0 Å². The molecule has 19 heavy (non-hydrogen) atoms. The smallest absolute Gasteiger partial charge is 0.188 e. The number of nitrogens with two attached hydrogens (primary N) is 1. The molecule has 98 valence electrons. The third kappa shape index (κ3) is 3.59. The van der Waals surface area contributed by atoms with E-state index in [4.69, 9.17) is 27.3 Å². The Morgan fingerprint density at radius 1 is 1.37 bits per heavy atom. The number of benzene rings is 1. The molecule has 0 atom stereocenters. The summed E-state index contributed by atoms with van der Waals surface area (Å²) in [5, 5.41) is 12.1. The zero-order chi connectivity index (χ0) is 13.7. The minimum absolute atomic E-state index is 0.0404. The van der Waals surface area contributed by atoms with Gasteiger partial charge in [0.1, 0.15) is 18.1 Å². The van der Waals surface area contributed by atoms with E-state index in [0.717, 1.165) is 5.56 Å². The second-order valence-electron chi connectivity index (χ2n) is 3.78. The quantitative estimate of drug-likeness (QED) is 0.389. The molecule has 6 heteroatoms. The predicted octanol–water partition coefficient (Wildman–Crippen LogP) is 2.41. The van der Waals surface area contributed by atoms with Crippen LogP contribution in [0.25, 0.3) is 0 Å². The molecule has 5 nitrogen and oxygen atoms in total. The molecule has 0 radical (unpaired) electrons. The number of rotatable bonds is 4. The molecule has 1 heterocycles. The van der Waals surface area contributed by atoms with Gasteiger partial charge in [0, 0.05) is 5.02 Å². The first-order valence-electron chi connectivity index (χ1n) is 5.50. The largest absolute Gasteiger partial charge is 0.487 e. The molecule has 0 unspecified atom stereocenters. The monoisotopic (exact) mass is 277 g/mol. The molecular weight excluding hydrogens is 266 g/mol. The molecule has 0 saturated carbocycles. The van der Waals surface area contributed by atoms with Crippen LogP contribution in [0.5, 0.6) is 5.75 Å². The van der Waals surface area contributed by atoms with E-state index in [1.807, 2.05) is 18.2 Å². The Morgan fingerprint density at radius 3 is 2.84 bits per heavy atom. The van der Waals surface area contributed by atoms with Gasteiger partial charge in [0.25, 0.3) is 0 Å². The lowest BCUT2D eigenvalue weighted by Crippen LogP contribution is -2.14. The van der Waals surface area contributed by atoms with Crippen molar-refractivity contribution < 1.29 is 9.94 Å². The SMILES string of the molecule is N/C(=N/O)c1ccc(OCc2cccc(Cl)c2)cn1. The Hall–Kier alpha value is -2.27. The highest BCUT2D eigenvalue weighted by molar-refractivity contribution is 6.30. The van der Waals surface area contributed by atoms with Crippen LogP contribution in [-0.4, -0.2) is 16.0 Å². The Balaban J connectivity index is 2.00. The molecular formula is C13H12ClN3O2. The molecule has 0 aliphatic heterocycles. The van der Waals surface area contributed by atoms with Crippen LogP contribution in [0.1, 0.15) is 11.3 Å². The molecule has 0 aliphatic carbocycles. The third-order valence-corrected chi connectivity index (χ3v) is 2.64. The minimum Gasteiger partial charge on any atom is -0.487 e. The fourth-order valence-electron chi connectivity index (χ4n) is 1.46. The fraction of sp³-hybridized carbons (Fsp3) is 0.0769. The Kier molecular flexibility index (Phi) is 4.20. The first-order valence-corrected chi connectivity index (χ1v) is 5.88. The summed E-state index contributed by atoms with van der Waals surface area (Å²) in [5.41, 5.74) is 6.76. The molecule has 2 aromatic rings. The summed E-state index contributed by atoms with van der Waals surface area (Å²) in [7, 11) is 0. The number of oxime groups is 1. The summed E-state index contributed by atoms with van der Waals surface area (Å²) in [6, 6.07) is 10.7. The highest BCUT2D eigenvalue weighted by Crippen LogP contribution is 2.14. The van der Waals surface area contributed by atoms with Crippen molar-refractivity contribution in [3.63, 3.8) is 0 Å². The Bertz CT molecular complexity index is 585. The summed E-state index contributed by atoms with van der Waals surface area (Å²) >= 11 is 5.88. The van der Waals surface area contributed by atoms with Gasteiger partial charge in [-0.3, -0.25) is 0 Å². The maximum atomic E-state index is 8.51. The van der Waals surface area contributed by atoms with Crippen LogP contribution < -0.4 is 10.5 Å². The van der Waals surface area contributed by atoms with E-state index in [9.17, 15) is 0 Å². The number of hydrogen-bond donors (Lipinski definition) is 2. The standard InChI is InChI=1S/C13H12ClN3O2/c14-10-3-1-2-9(6-10)8-19-11-4-5-12(16-7-11)13(15)17-18/h1-7,18H,8H2,(H2,15,17). The van der Waals surface area contributed by atoms with Crippen LogP contribution in [-0.2, 0) is 6.61 Å². The zero-order valence-corrected chi connectivity index (χ0v) is 10.7. The Morgan fingerprint density at radius 2 is 2.21 bits per heavy atom. The second-order valence-corrected chi connectivity index (χ2v) is 4.22. The fourth-order valence-corrected chi connectivity index (χ4v) is 1.67. The lowest BCUT2D eigenvalue weighted by molar-refractivity contribution is 0.305. The summed E-state index contributed by atoms with van der Waals surface area (Å²) in [6.07, 6.45) is 1.51. The molecule has 0 amide bonds. The van der Waals surface area contributed by atoms with Crippen LogP contribution in [0.3, 0.4) is 0 Å². The van der Waals surface area contributed by atoms with E-state index in [2.05, 4.69) is 10.1 Å². The average Bonchev–Trinajstić information content (AvgIpc) is 2.45. The van der Waals surface area contributed by atoms with E-state index in [1.54, 1.807) is 18.2 Å². The first-order chi connectivity index (χ1) is 9.19. The molecule has 3 N–H and O–H groups in total. The highest BCUT2D eigenvalue weighted by atomic mass is 35.5. The molecule has 0 fully saturated rings. The van der Waals surface area contributed by atoms with Gasteiger partial charge < -0.3 is 15.7 Å². The van der Waals surface area contributed by atoms with E-state index in [-0.39, 0.29) is 5.84 Å². The summed E-state index contributed by atoms with van der Waals surface area (Å²) in [4.78, 5) is 4.01. The number of hydrogen-bond acceptors (Lipinski definition) is 4. The topological polar surface area (TPSA) is 80.7 Å². The molecule has 0 aliphatic rings. The maximum Gasteiger partial charge on any atom is 0.188 e. The number of aromatic nitrogens is 1. The van der Waals surface area contributed by atoms with Gasteiger partial charge in [-0.25, -0.2) is 4.98 Å². The number of pyridine rings is 1. The van der Waals surface area contributed by atoms with Gasteiger partial charge >= 0.3 is 0 Å². The van der Waals surface area contributed by atoms with Gasteiger partial charge in [-0.1, -0.05) is 28.9 Å². The number of nitrogens with zero attached hydrogens (tertiary/aromatic N) is 2. The molecule has 1 aromatic carbocycles. The molecule has 0 saturated heterocycles. The molecule has 1 aromatic heterocycles. The lowest BCUT2D eigenvalue weighted by atomic mass is 10.2. The highest BCUT2D eigenvalue weighted by Gasteiger charge is 2.02. The van der Waals surface area contributed by atoms with Crippen molar-refractivity contribution in [2.45, 2.75) is 6.61 Å². The number of ether oxygens (including phenoxy) is 1. The molecule has 2 rings (SSSR count). The molecule has 0 spiro atoms. The van der Waals surface area contributed by atoms with Gasteiger partial charge in [-0.15, -0.1) is 0 Å². The van der Waals surface area contributed by atoms with Gasteiger partial charge in [-0.2, -0.15) is 0 Å². The van der Waals surface area contributed by atoms with Gasteiger partial charge in [-0.05, 0) is 29.8 Å². The van der Waals surface area contributed by atoms with Crippen molar-refractivity contribution >= 4 is 17.4 Å². The summed E-state index contributed by atoms with van der Waals surface area (Å²) < 4.78 is 5.55. The predicted molar refractivity (Wildman–Crippen MR) is 72.5 cm³/mol. The zero-order valence-electron chi connectivity index (χ0n) is 9.95. The van der Waals surface area contributed by atoms with Gasteiger partial charge in [0.15, 0.2) is 5.84 Å². The van der Waals surface area contributed by atoms with Crippen LogP contribution in [0.4, 0.5) is 0 Å². The van der Waals surface area contributed by atoms with Crippen molar-refractivity contribution in [3.8, 4) is 5.75 Å². The lowest BCUT2D eigenvalue weighted by Gasteiger charge is -2.06. The van der Waals surface area contributed by atoms with E-state index >= 15 is 0 Å². The summed E-state index contributed by atoms with van der Waals surface area (Å²) in [6.45, 7) is 0.394. The summed E-state index contributed by atoms with van der Waals surface area (Å²) in [5.74, 6) is 0.552. The number of halogens is 1. The van der Waals surface area contributed by atoms with Gasteiger partial charge in [0.2, 0.25) is 0 Å². The maximum absolute atomic E-state index is 8.51. The second kappa shape index (κ2) is 6.06. The van der Waals surface area contributed by atoms with Gasteiger partial charge in [0.05, 0.1) is 6.20 Å². The normalized spacial score (nSPS) is 11.3. The number of amidine groups is 1. The van der Waals surface area contributed by atoms with Crippen molar-refractivity contribution in [3.05, 3.63) is 58.9 Å². The van der Waals surface area contributed by atoms with E-state index < -0.39 is 0 Å². The van der Waals surface area contributed by atoms with E-state index in [1.165, 1.54) is 6.20 Å². The van der Waals surface area contributed by atoms with Crippen molar-refractivity contribution in [1.29, 1.82) is 0 Å². The van der Waals surface area contributed by atoms with Crippen LogP contribution in [0.15, 0.2) is 47.8 Å². The van der Waals surface area contributed by atoms with Crippen LogP contribution >= 0.6 is 11.6 Å². The minimum atomic E-state index is -0.0404. The van der Waals surface area contributed by atoms with Crippen LogP contribution in [0.2, 0.25) is 5.02 Å². The molecule has 0 bridgehead atoms. The Labute approximate surface area is 115 Å².